The molecule has 1 N–H and O–H groups in total. The molecule has 0 unspecified atom stereocenters. The second-order valence-electron chi connectivity index (χ2n) is 6.06. The lowest BCUT2D eigenvalue weighted by Crippen LogP contribution is -2.22. The number of nitrogens with one attached hydrogen (secondary N) is 1. The molecule has 10 nitrogen and oxygen atoms in total. The summed E-state index contributed by atoms with van der Waals surface area (Å²) in [6, 6.07) is 4.07. The zero-order chi connectivity index (χ0) is 21.7. The Bertz CT molecular complexity index is 977. The minimum atomic E-state index is -0.795. The van der Waals surface area contributed by atoms with Crippen molar-refractivity contribution >= 4 is 29.2 Å². The zero-order valence-corrected chi connectivity index (χ0v) is 16.4. The number of hydrogen-bond donors (Lipinski definition) is 1. The first-order valence-electron chi connectivity index (χ1n) is 8.64. The maximum absolute atomic E-state index is 12.2. The SMILES string of the molecule is CCOC(=O)c1c(NC(=O)COc2ccc([N+](=O)[O-])c(C)c2)oc(C)c1C(C)=O. The summed E-state index contributed by atoms with van der Waals surface area (Å²) in [7, 11) is 0. The number of amides is 1. The first-order valence-corrected chi connectivity index (χ1v) is 8.64. The maximum Gasteiger partial charge on any atom is 0.344 e. The van der Waals surface area contributed by atoms with E-state index < -0.39 is 29.2 Å². The summed E-state index contributed by atoms with van der Waals surface area (Å²) in [4.78, 5) is 46.6. The highest BCUT2D eigenvalue weighted by molar-refractivity contribution is 6.10. The molecule has 0 fully saturated rings. The smallest absolute Gasteiger partial charge is 0.344 e. The van der Waals surface area contributed by atoms with Gasteiger partial charge in [-0.15, -0.1) is 0 Å². The van der Waals surface area contributed by atoms with Crippen LogP contribution < -0.4 is 10.1 Å². The van der Waals surface area contributed by atoms with Gasteiger partial charge in [-0.2, -0.15) is 0 Å². The molecule has 0 aliphatic heterocycles. The lowest BCUT2D eigenvalue weighted by molar-refractivity contribution is -0.385. The monoisotopic (exact) mass is 404 g/mol. The number of aryl methyl sites for hydroxylation is 2. The summed E-state index contributed by atoms with van der Waals surface area (Å²) in [5.74, 6) is -1.64. The van der Waals surface area contributed by atoms with Crippen LogP contribution in [0.3, 0.4) is 0 Å². The number of ether oxygens (including phenoxy) is 2. The predicted molar refractivity (Wildman–Crippen MR) is 101 cm³/mol. The number of nitro groups is 1. The number of nitro benzene ring substituents is 1. The Hall–Kier alpha value is -3.69. The Balaban J connectivity index is 2.15. The van der Waals surface area contributed by atoms with E-state index in [1.807, 2.05) is 0 Å². The van der Waals surface area contributed by atoms with Gasteiger partial charge in [-0.05, 0) is 39.8 Å². The molecule has 0 spiro atoms. The molecule has 0 bridgehead atoms. The van der Waals surface area contributed by atoms with Gasteiger partial charge >= 0.3 is 5.97 Å². The first-order chi connectivity index (χ1) is 13.6. The molecule has 2 rings (SSSR count). The molecule has 0 saturated carbocycles. The summed E-state index contributed by atoms with van der Waals surface area (Å²) in [5.41, 5.74) is 0.191. The number of carbonyl (C=O) groups excluding carboxylic acids is 3. The van der Waals surface area contributed by atoms with Crippen LogP contribution in [-0.2, 0) is 9.53 Å². The van der Waals surface area contributed by atoms with E-state index in [1.165, 1.54) is 32.0 Å². The average molecular weight is 404 g/mol. The van der Waals surface area contributed by atoms with E-state index in [-0.39, 0.29) is 40.8 Å². The highest BCUT2D eigenvalue weighted by Gasteiger charge is 2.28. The van der Waals surface area contributed by atoms with Crippen LogP contribution in [0.15, 0.2) is 22.6 Å². The number of carbonyl (C=O) groups is 3. The van der Waals surface area contributed by atoms with E-state index in [1.54, 1.807) is 13.8 Å². The summed E-state index contributed by atoms with van der Waals surface area (Å²) in [5, 5.41) is 13.2. The zero-order valence-electron chi connectivity index (χ0n) is 16.4. The number of anilines is 1. The Kier molecular flexibility index (Phi) is 6.71. The van der Waals surface area contributed by atoms with Gasteiger partial charge in [0.2, 0.25) is 5.88 Å². The number of ketones is 1. The largest absolute Gasteiger partial charge is 0.484 e. The second kappa shape index (κ2) is 9.00. The van der Waals surface area contributed by atoms with Crippen LogP contribution in [0.5, 0.6) is 5.75 Å². The van der Waals surface area contributed by atoms with Gasteiger partial charge in [0, 0.05) is 11.6 Å². The van der Waals surface area contributed by atoms with Crippen LogP contribution in [0, 0.1) is 24.0 Å². The number of benzene rings is 1. The average Bonchev–Trinajstić information content (AvgIpc) is 2.96. The molecule has 0 atom stereocenters. The molecule has 1 amide bonds. The Morgan fingerprint density at radius 3 is 2.45 bits per heavy atom. The van der Waals surface area contributed by atoms with Crippen LogP contribution in [0.25, 0.3) is 0 Å². The van der Waals surface area contributed by atoms with Crippen molar-refractivity contribution in [3.05, 3.63) is 50.8 Å². The number of furan rings is 1. The van der Waals surface area contributed by atoms with E-state index >= 15 is 0 Å². The van der Waals surface area contributed by atoms with Crippen molar-refractivity contribution in [2.75, 3.05) is 18.5 Å². The predicted octanol–water partition coefficient (Wildman–Crippen LogP) is 3.20. The van der Waals surface area contributed by atoms with Crippen LogP contribution in [-0.4, -0.2) is 35.8 Å². The summed E-state index contributed by atoms with van der Waals surface area (Å²) < 4.78 is 15.6. The molecule has 0 saturated heterocycles. The lowest BCUT2D eigenvalue weighted by Gasteiger charge is -2.08. The molecule has 0 radical (unpaired) electrons. The highest BCUT2D eigenvalue weighted by Crippen LogP contribution is 2.29. The first kappa shape index (κ1) is 21.6. The van der Waals surface area contributed by atoms with Crippen LogP contribution in [0.4, 0.5) is 11.6 Å². The highest BCUT2D eigenvalue weighted by atomic mass is 16.6. The van der Waals surface area contributed by atoms with Crippen molar-refractivity contribution in [2.45, 2.75) is 27.7 Å². The molecule has 0 aliphatic carbocycles. The minimum Gasteiger partial charge on any atom is -0.484 e. The van der Waals surface area contributed by atoms with Crippen LogP contribution in [0.2, 0.25) is 0 Å². The molecule has 1 heterocycles. The van der Waals surface area contributed by atoms with Crippen molar-refractivity contribution in [1.82, 2.24) is 0 Å². The molecular formula is C19H20N2O8. The third-order valence-electron chi connectivity index (χ3n) is 3.90. The van der Waals surface area contributed by atoms with E-state index in [4.69, 9.17) is 13.9 Å². The van der Waals surface area contributed by atoms with Crippen LogP contribution in [0.1, 0.15) is 45.9 Å². The van der Waals surface area contributed by atoms with Gasteiger partial charge in [0.25, 0.3) is 11.6 Å². The van der Waals surface area contributed by atoms with Crippen molar-refractivity contribution in [1.29, 1.82) is 0 Å². The fourth-order valence-corrected chi connectivity index (χ4v) is 2.69. The molecule has 0 aliphatic rings. The number of Topliss-reactive ketones (excluding diaryl/α,β-unsaturated/α-hetero) is 1. The van der Waals surface area contributed by atoms with Gasteiger partial charge in [0.15, 0.2) is 12.4 Å². The third-order valence-corrected chi connectivity index (χ3v) is 3.90. The maximum atomic E-state index is 12.2. The molecule has 29 heavy (non-hydrogen) atoms. The minimum absolute atomic E-state index is 0.0330. The molecule has 1 aromatic heterocycles. The molecule has 154 valence electrons. The fraction of sp³-hybridized carbons (Fsp3) is 0.316. The molecule has 2 aromatic rings. The Morgan fingerprint density at radius 1 is 1.21 bits per heavy atom. The van der Waals surface area contributed by atoms with E-state index in [9.17, 15) is 24.5 Å². The van der Waals surface area contributed by atoms with Crippen LogP contribution >= 0.6 is 0 Å². The summed E-state index contributed by atoms with van der Waals surface area (Å²) in [6.07, 6.45) is 0. The summed E-state index contributed by atoms with van der Waals surface area (Å²) in [6.45, 7) is 5.55. The molecular weight excluding hydrogens is 384 g/mol. The van der Waals surface area contributed by atoms with Gasteiger partial charge in [-0.25, -0.2) is 4.79 Å². The second-order valence-corrected chi connectivity index (χ2v) is 6.06. The third kappa shape index (κ3) is 4.98. The fourth-order valence-electron chi connectivity index (χ4n) is 2.69. The van der Waals surface area contributed by atoms with E-state index in [2.05, 4.69) is 5.32 Å². The normalized spacial score (nSPS) is 10.3. The Labute approximate surface area is 165 Å². The van der Waals surface area contributed by atoms with Gasteiger partial charge in [-0.1, -0.05) is 0 Å². The van der Waals surface area contributed by atoms with Crippen molar-refractivity contribution in [2.24, 2.45) is 0 Å². The van der Waals surface area contributed by atoms with Crippen molar-refractivity contribution in [3.8, 4) is 5.75 Å². The van der Waals surface area contributed by atoms with Crippen molar-refractivity contribution in [3.63, 3.8) is 0 Å². The van der Waals surface area contributed by atoms with E-state index in [0.29, 0.717) is 5.56 Å². The Morgan fingerprint density at radius 2 is 1.90 bits per heavy atom. The number of hydrogen-bond acceptors (Lipinski definition) is 8. The number of nitrogens with zero attached hydrogens (tertiary/aromatic N) is 1. The van der Waals surface area contributed by atoms with Gasteiger partial charge in [-0.3, -0.25) is 25.0 Å². The standard InChI is InChI=1S/C19H20N2O8/c1-5-27-19(24)17-16(11(3)22)12(4)29-18(17)20-15(23)9-28-13-6-7-14(21(25)26)10(2)8-13/h6-8H,5,9H2,1-4H3,(H,20,23). The van der Waals surface area contributed by atoms with Gasteiger partial charge < -0.3 is 13.9 Å². The number of rotatable bonds is 8. The van der Waals surface area contributed by atoms with Crippen molar-refractivity contribution < 1.29 is 33.2 Å². The van der Waals surface area contributed by atoms with Gasteiger partial charge in [0.05, 0.1) is 17.1 Å². The lowest BCUT2D eigenvalue weighted by atomic mass is 10.1. The molecule has 10 heteroatoms. The molecule has 1 aromatic carbocycles. The topological polar surface area (TPSA) is 138 Å². The number of esters is 1. The summed E-state index contributed by atoms with van der Waals surface area (Å²) >= 11 is 0. The van der Waals surface area contributed by atoms with E-state index in [0.717, 1.165) is 0 Å². The quantitative estimate of drug-likeness (QED) is 0.306. The van der Waals surface area contributed by atoms with Gasteiger partial charge in [0.1, 0.15) is 17.1 Å².